The number of benzene rings is 1. The summed E-state index contributed by atoms with van der Waals surface area (Å²) in [6, 6.07) is 7.94. The van der Waals surface area contributed by atoms with Gasteiger partial charge in [0.1, 0.15) is 18.1 Å². The fourth-order valence-corrected chi connectivity index (χ4v) is 3.09. The molecule has 0 aliphatic carbocycles. The van der Waals surface area contributed by atoms with Crippen molar-refractivity contribution in [2.24, 2.45) is 0 Å². The minimum absolute atomic E-state index is 0.583. The predicted octanol–water partition coefficient (Wildman–Crippen LogP) is 3.82. The van der Waals surface area contributed by atoms with Gasteiger partial charge in [0, 0.05) is 26.8 Å². The average Bonchev–Trinajstić information content (AvgIpc) is 2.83. The largest absolute Gasteiger partial charge is 0.497 e. The van der Waals surface area contributed by atoms with Gasteiger partial charge < -0.3 is 14.8 Å². The van der Waals surface area contributed by atoms with Crippen molar-refractivity contribution in [3.63, 3.8) is 0 Å². The van der Waals surface area contributed by atoms with E-state index in [1.54, 1.807) is 18.4 Å². The number of rotatable bonds is 6. The molecule has 19 heavy (non-hydrogen) atoms. The Bertz CT molecular complexity index is 542. The molecule has 0 radical (unpaired) electrons. The first-order chi connectivity index (χ1) is 9.22. The van der Waals surface area contributed by atoms with Gasteiger partial charge in [0.2, 0.25) is 0 Å². The minimum atomic E-state index is 0.583. The molecule has 3 nitrogen and oxygen atoms in total. The van der Waals surface area contributed by atoms with Crippen LogP contribution in [0.5, 0.6) is 11.5 Å². The molecule has 102 valence electrons. The zero-order chi connectivity index (χ0) is 13.7. The van der Waals surface area contributed by atoms with Gasteiger partial charge in [-0.05, 0) is 47.2 Å². The highest BCUT2D eigenvalue weighted by Crippen LogP contribution is 2.26. The van der Waals surface area contributed by atoms with Gasteiger partial charge >= 0.3 is 0 Å². The molecule has 5 heteroatoms. The third-order valence-electron chi connectivity index (χ3n) is 2.63. The number of halogens is 1. The molecule has 0 amide bonds. The first-order valence-electron chi connectivity index (χ1n) is 5.90. The summed E-state index contributed by atoms with van der Waals surface area (Å²) >= 11 is 5.13. The highest BCUT2D eigenvalue weighted by Gasteiger charge is 2.06. The van der Waals surface area contributed by atoms with E-state index < -0.39 is 0 Å². The number of ether oxygens (including phenoxy) is 2. The summed E-state index contributed by atoms with van der Waals surface area (Å²) in [6.45, 7) is 1.33. The lowest BCUT2D eigenvalue weighted by Gasteiger charge is -2.12. The van der Waals surface area contributed by atoms with Crippen LogP contribution in [-0.2, 0) is 13.2 Å². The molecule has 0 aliphatic heterocycles. The molecule has 0 saturated heterocycles. The molecular formula is C14H16BrNO2S. The molecule has 0 bridgehead atoms. The normalized spacial score (nSPS) is 10.5. The third-order valence-corrected chi connectivity index (χ3v) is 4.30. The van der Waals surface area contributed by atoms with Crippen molar-refractivity contribution in [2.75, 3.05) is 14.2 Å². The number of methoxy groups -OCH3 is 1. The third kappa shape index (κ3) is 3.96. The SMILES string of the molecule is CNCc1cc(OC)ccc1OCc1cc(Br)cs1. The number of nitrogens with one attached hydrogen (secondary N) is 1. The van der Waals surface area contributed by atoms with Crippen molar-refractivity contribution < 1.29 is 9.47 Å². The van der Waals surface area contributed by atoms with Crippen molar-refractivity contribution in [1.29, 1.82) is 0 Å². The van der Waals surface area contributed by atoms with Crippen molar-refractivity contribution in [3.8, 4) is 11.5 Å². The fourth-order valence-electron chi connectivity index (χ4n) is 1.73. The monoisotopic (exact) mass is 341 g/mol. The smallest absolute Gasteiger partial charge is 0.124 e. The van der Waals surface area contributed by atoms with Crippen LogP contribution in [0, 0.1) is 0 Å². The zero-order valence-corrected chi connectivity index (χ0v) is 13.3. The van der Waals surface area contributed by atoms with Gasteiger partial charge in [-0.3, -0.25) is 0 Å². The van der Waals surface area contributed by atoms with Gasteiger partial charge in [-0.15, -0.1) is 11.3 Å². The molecule has 1 heterocycles. The van der Waals surface area contributed by atoms with E-state index in [1.807, 2.05) is 25.2 Å². The summed E-state index contributed by atoms with van der Waals surface area (Å²) in [6.07, 6.45) is 0. The maximum atomic E-state index is 5.88. The molecule has 0 aliphatic rings. The van der Waals surface area contributed by atoms with Gasteiger partial charge in [0.25, 0.3) is 0 Å². The Morgan fingerprint density at radius 3 is 2.79 bits per heavy atom. The van der Waals surface area contributed by atoms with Crippen molar-refractivity contribution in [1.82, 2.24) is 5.32 Å². The summed E-state index contributed by atoms with van der Waals surface area (Å²) in [5.74, 6) is 1.73. The minimum Gasteiger partial charge on any atom is -0.497 e. The first kappa shape index (κ1) is 14.4. The van der Waals surface area contributed by atoms with Crippen LogP contribution < -0.4 is 14.8 Å². The summed E-state index contributed by atoms with van der Waals surface area (Å²) in [5.41, 5.74) is 1.09. The van der Waals surface area contributed by atoms with Crippen LogP contribution in [0.15, 0.2) is 34.1 Å². The van der Waals surface area contributed by atoms with Gasteiger partial charge in [-0.1, -0.05) is 0 Å². The second-order valence-electron chi connectivity index (χ2n) is 4.02. The average molecular weight is 342 g/mol. The van der Waals surface area contributed by atoms with E-state index in [9.17, 15) is 0 Å². The zero-order valence-electron chi connectivity index (χ0n) is 10.9. The lowest BCUT2D eigenvalue weighted by molar-refractivity contribution is 0.305. The topological polar surface area (TPSA) is 30.5 Å². The Kier molecular flexibility index (Phi) is 5.24. The van der Waals surface area contributed by atoms with Crippen LogP contribution in [0.25, 0.3) is 0 Å². The quantitative estimate of drug-likeness (QED) is 0.866. The Morgan fingerprint density at radius 2 is 2.16 bits per heavy atom. The Hall–Kier alpha value is -1.04. The van der Waals surface area contributed by atoms with E-state index in [4.69, 9.17) is 9.47 Å². The van der Waals surface area contributed by atoms with Crippen molar-refractivity contribution in [3.05, 3.63) is 44.6 Å². The van der Waals surface area contributed by atoms with Gasteiger partial charge in [0.05, 0.1) is 7.11 Å². The molecule has 1 N–H and O–H groups in total. The highest BCUT2D eigenvalue weighted by atomic mass is 79.9. The Morgan fingerprint density at radius 1 is 1.32 bits per heavy atom. The van der Waals surface area contributed by atoms with Crippen LogP contribution >= 0.6 is 27.3 Å². The van der Waals surface area contributed by atoms with Crippen molar-refractivity contribution >= 4 is 27.3 Å². The maximum Gasteiger partial charge on any atom is 0.124 e. The van der Waals surface area contributed by atoms with Gasteiger partial charge in [-0.2, -0.15) is 0 Å². The van der Waals surface area contributed by atoms with Crippen LogP contribution in [0.4, 0.5) is 0 Å². The van der Waals surface area contributed by atoms with E-state index in [2.05, 4.69) is 32.7 Å². The maximum absolute atomic E-state index is 5.88. The van der Waals surface area contributed by atoms with Crippen LogP contribution in [0.3, 0.4) is 0 Å². The van der Waals surface area contributed by atoms with Crippen LogP contribution in [-0.4, -0.2) is 14.2 Å². The highest BCUT2D eigenvalue weighted by molar-refractivity contribution is 9.10. The van der Waals surface area contributed by atoms with E-state index in [-0.39, 0.29) is 0 Å². The lowest BCUT2D eigenvalue weighted by atomic mass is 10.2. The second-order valence-corrected chi connectivity index (χ2v) is 5.94. The van der Waals surface area contributed by atoms with Gasteiger partial charge in [-0.25, -0.2) is 0 Å². The fraction of sp³-hybridized carbons (Fsp3) is 0.286. The molecule has 0 fully saturated rings. The molecule has 2 rings (SSSR count). The summed E-state index contributed by atoms with van der Waals surface area (Å²) in [4.78, 5) is 1.19. The van der Waals surface area contributed by atoms with Crippen molar-refractivity contribution in [2.45, 2.75) is 13.2 Å². The summed E-state index contributed by atoms with van der Waals surface area (Å²) in [7, 11) is 3.59. The van der Waals surface area contributed by atoms with E-state index >= 15 is 0 Å². The Labute approximate surface area is 125 Å². The number of hydrogen-bond donors (Lipinski definition) is 1. The molecule has 1 aromatic carbocycles. The van der Waals surface area contributed by atoms with E-state index in [0.717, 1.165) is 28.1 Å². The van der Waals surface area contributed by atoms with Crippen LogP contribution in [0.1, 0.15) is 10.4 Å². The molecular weight excluding hydrogens is 326 g/mol. The second kappa shape index (κ2) is 6.93. The number of thiophene rings is 1. The molecule has 2 aromatic rings. The predicted molar refractivity (Wildman–Crippen MR) is 82.1 cm³/mol. The lowest BCUT2D eigenvalue weighted by Crippen LogP contribution is -2.07. The van der Waals surface area contributed by atoms with Gasteiger partial charge in [0.15, 0.2) is 0 Å². The molecule has 0 saturated carbocycles. The molecule has 0 unspecified atom stereocenters. The first-order valence-corrected chi connectivity index (χ1v) is 7.57. The molecule has 1 aromatic heterocycles. The Balaban J connectivity index is 2.10. The number of hydrogen-bond acceptors (Lipinski definition) is 4. The summed E-state index contributed by atoms with van der Waals surface area (Å²) < 4.78 is 12.2. The summed E-state index contributed by atoms with van der Waals surface area (Å²) in [5, 5.41) is 5.19. The van der Waals surface area contributed by atoms with Crippen LogP contribution in [0.2, 0.25) is 0 Å². The molecule has 0 atom stereocenters. The molecule has 0 spiro atoms. The van der Waals surface area contributed by atoms with E-state index in [1.165, 1.54) is 4.88 Å². The standard InChI is InChI=1S/C14H16BrNO2S/c1-16-7-10-5-12(17-2)3-4-14(10)18-8-13-6-11(15)9-19-13/h3-6,9,16H,7-8H2,1-2H3. The van der Waals surface area contributed by atoms with E-state index in [0.29, 0.717) is 6.61 Å².